The molecule has 0 unspecified atom stereocenters. The highest BCUT2D eigenvalue weighted by Crippen LogP contribution is 2.54. The smallest absolute Gasteiger partial charge is 0.460 e. The average Bonchev–Trinajstić information content (AvgIpc) is 3.14. The fraction of sp³-hybridized carbons (Fsp3) is 0.675. The number of carbonyl (C=O) groups excluding carboxylic acids is 3. The Kier molecular flexibility index (Phi) is 19.3. The lowest BCUT2D eigenvalue weighted by atomic mass is 10.00. The van der Waals surface area contributed by atoms with Gasteiger partial charge in [0.05, 0.1) is 19.6 Å². The number of halogens is 14. The van der Waals surface area contributed by atoms with Crippen molar-refractivity contribution in [2.45, 2.75) is 164 Å². The van der Waals surface area contributed by atoms with Crippen LogP contribution in [0.1, 0.15) is 79.7 Å². The summed E-state index contributed by atoms with van der Waals surface area (Å²) in [4.78, 5) is 38.7. The molecule has 0 bridgehead atoms. The number of hydrogen-bond acceptors (Lipinski definition) is 9. The second-order valence-corrected chi connectivity index (χ2v) is 20.7. The van der Waals surface area contributed by atoms with Crippen molar-refractivity contribution in [3.8, 4) is 5.75 Å². The molecule has 0 aliphatic carbocycles. The van der Waals surface area contributed by atoms with Crippen LogP contribution in [0.5, 0.6) is 5.75 Å². The van der Waals surface area contributed by atoms with E-state index in [1.54, 1.807) is 27.7 Å². The molecular formula is C40H50F14O9Si. The Hall–Kier alpha value is -3.93. The van der Waals surface area contributed by atoms with Gasteiger partial charge in [0.25, 0.3) is 0 Å². The second kappa shape index (κ2) is 22.0. The monoisotopic (exact) mass is 968 g/mol. The number of cyclic esters (lactones) is 3. The van der Waals surface area contributed by atoms with Crippen molar-refractivity contribution in [2.75, 3.05) is 6.61 Å². The van der Waals surface area contributed by atoms with E-state index in [-0.39, 0.29) is 12.4 Å². The summed E-state index contributed by atoms with van der Waals surface area (Å²) >= 11 is 0. The third kappa shape index (κ3) is 14.8. The fourth-order valence-corrected chi connectivity index (χ4v) is 11.0. The van der Waals surface area contributed by atoms with Crippen LogP contribution in [0, 0.1) is 0 Å². The van der Waals surface area contributed by atoms with Gasteiger partial charge in [-0.05, 0) is 74.2 Å². The van der Waals surface area contributed by atoms with Crippen LogP contribution in [0.2, 0.25) is 17.1 Å². The average molecular weight is 969 g/mol. The molecule has 0 amide bonds. The molecule has 1 heterocycles. The minimum atomic E-state index is -7.00. The third-order valence-electron chi connectivity index (χ3n) is 10.2. The summed E-state index contributed by atoms with van der Waals surface area (Å²) in [5, 5.41) is 0. The second-order valence-electron chi connectivity index (χ2n) is 15.8. The van der Waals surface area contributed by atoms with E-state index in [9.17, 15) is 75.8 Å². The van der Waals surface area contributed by atoms with E-state index >= 15 is 0 Å². The van der Waals surface area contributed by atoms with Gasteiger partial charge in [-0.2, -0.15) is 61.5 Å². The van der Waals surface area contributed by atoms with Gasteiger partial charge in [0.15, 0.2) is 8.32 Å². The van der Waals surface area contributed by atoms with Crippen molar-refractivity contribution in [2.24, 2.45) is 0 Å². The Labute approximate surface area is 360 Å². The highest BCUT2D eigenvalue weighted by Gasteiger charge is 2.81. The number of benzene rings is 1. The molecule has 0 radical (unpaired) electrons. The van der Waals surface area contributed by atoms with E-state index in [1.807, 2.05) is 0 Å². The predicted octanol–water partition coefficient (Wildman–Crippen LogP) is 11.2. The van der Waals surface area contributed by atoms with Crippen molar-refractivity contribution < 1.29 is 104 Å². The van der Waals surface area contributed by atoms with Crippen LogP contribution in [0.25, 0.3) is 0 Å². The van der Waals surface area contributed by atoms with Crippen molar-refractivity contribution >= 4 is 26.2 Å². The van der Waals surface area contributed by atoms with Crippen LogP contribution in [0.15, 0.2) is 48.6 Å². The van der Waals surface area contributed by atoms with E-state index in [4.69, 9.17) is 28.1 Å². The molecule has 24 heteroatoms. The summed E-state index contributed by atoms with van der Waals surface area (Å²) in [6.45, 7) is 9.42. The topological polar surface area (TPSA) is 107 Å². The van der Waals surface area contributed by atoms with Gasteiger partial charge in [0.1, 0.15) is 36.3 Å². The summed E-state index contributed by atoms with van der Waals surface area (Å²) in [6, 6.07) is 4.55. The summed E-state index contributed by atoms with van der Waals surface area (Å²) in [5.74, 6) is -27.5. The lowest BCUT2D eigenvalue weighted by Crippen LogP contribution is -2.60. The highest BCUT2D eigenvalue weighted by molar-refractivity contribution is 6.76. The molecule has 366 valence electrons. The molecule has 0 spiro atoms. The van der Waals surface area contributed by atoms with Crippen LogP contribution in [0.4, 0.5) is 61.5 Å². The number of ether oxygens (including phenoxy) is 5. The first-order chi connectivity index (χ1) is 29.1. The SMILES string of the molecule is CC(C)[Si](CCC(F)(F)C(F)(F)F)(O[C@@H]1/C=C/C(=O)O[C@@H](C)CC(=O)O[C@@H](C)[C@@H](OCc2ccc(OCCCC(F)(F)C(F)(F)C(F)(F)C(F)(F)F)cc2)/C=C/C(=O)O[C@@H]1C)C(C)C. The molecule has 0 fully saturated rings. The zero-order chi connectivity index (χ0) is 49.3. The first kappa shape index (κ1) is 56.2. The maximum absolute atomic E-state index is 14.2. The molecule has 0 saturated heterocycles. The summed E-state index contributed by atoms with van der Waals surface area (Å²) in [5.41, 5.74) is -0.742. The van der Waals surface area contributed by atoms with Crippen molar-refractivity contribution in [1.29, 1.82) is 0 Å². The van der Waals surface area contributed by atoms with Crippen molar-refractivity contribution in [3.63, 3.8) is 0 Å². The van der Waals surface area contributed by atoms with Crippen molar-refractivity contribution in [3.05, 3.63) is 54.1 Å². The number of esters is 3. The van der Waals surface area contributed by atoms with Gasteiger partial charge >= 0.3 is 54.0 Å². The van der Waals surface area contributed by atoms with Gasteiger partial charge in [0, 0.05) is 25.0 Å². The number of rotatable bonds is 17. The Balaban J connectivity index is 2.27. The minimum Gasteiger partial charge on any atom is -0.494 e. The Morgan fingerprint density at radius 2 is 1.17 bits per heavy atom. The van der Waals surface area contributed by atoms with Crippen LogP contribution in [-0.4, -0.2) is 99.4 Å². The molecular weight excluding hydrogens is 918 g/mol. The predicted molar refractivity (Wildman–Crippen MR) is 201 cm³/mol. The van der Waals surface area contributed by atoms with Crippen molar-refractivity contribution in [1.82, 2.24) is 0 Å². The zero-order valence-electron chi connectivity index (χ0n) is 35.6. The summed E-state index contributed by atoms with van der Waals surface area (Å²) in [6.07, 6.45) is -19.9. The van der Waals surface area contributed by atoms with Gasteiger partial charge in [-0.15, -0.1) is 0 Å². The molecule has 0 aromatic heterocycles. The maximum Gasteiger partial charge on any atom is 0.460 e. The molecule has 64 heavy (non-hydrogen) atoms. The lowest BCUT2D eigenvalue weighted by Gasteiger charge is -2.42. The fourth-order valence-electron chi connectivity index (χ4n) is 6.36. The van der Waals surface area contributed by atoms with Crippen LogP contribution < -0.4 is 4.74 Å². The largest absolute Gasteiger partial charge is 0.494 e. The highest BCUT2D eigenvalue weighted by atomic mass is 28.4. The first-order valence-corrected chi connectivity index (χ1v) is 22.0. The van der Waals surface area contributed by atoms with Gasteiger partial charge in [-0.3, -0.25) is 4.79 Å². The lowest BCUT2D eigenvalue weighted by molar-refractivity contribution is -0.396. The van der Waals surface area contributed by atoms with E-state index in [0.29, 0.717) is 5.56 Å². The molecule has 0 saturated carbocycles. The molecule has 1 aliphatic rings. The number of hydrogen-bond donors (Lipinski definition) is 0. The van der Waals surface area contributed by atoms with Crippen LogP contribution in [-0.2, 0) is 44.4 Å². The third-order valence-corrected chi connectivity index (χ3v) is 15.8. The molecule has 1 aliphatic heterocycles. The van der Waals surface area contributed by atoms with Gasteiger partial charge in [-0.1, -0.05) is 39.8 Å². The van der Waals surface area contributed by atoms with Crippen LogP contribution >= 0.6 is 0 Å². The minimum absolute atomic E-state index is 0.0592. The Bertz CT molecular complexity index is 1740. The van der Waals surface area contributed by atoms with Gasteiger partial charge in [-0.25, -0.2) is 9.59 Å². The molecule has 1 aromatic rings. The number of alkyl halides is 14. The molecule has 9 nitrogen and oxygen atoms in total. The number of carbonyl (C=O) groups is 3. The van der Waals surface area contributed by atoms with E-state index in [2.05, 4.69) is 0 Å². The summed E-state index contributed by atoms with van der Waals surface area (Å²) < 4.78 is 220. The standard InChI is InChI=1S/C40H50F14O9Si/c1-23(2)64(24(3)4,20-18-36(43,44)39(49,50)51)63-31-14-16-32(55)60-25(5)21-34(57)62-26(6)30(13-15-33(56)61-27(31)7)59-22-28-9-11-29(12-10-28)58-19-8-17-35(41,42)37(45,46)38(47,48)40(52,53)54/h9-16,23-27,30-31H,8,17-22H2,1-7H3/b15-13+,16-14+/t25-,26-,27+,30-,31+/m0/s1. The van der Waals surface area contributed by atoms with Gasteiger partial charge < -0.3 is 28.1 Å². The van der Waals surface area contributed by atoms with E-state index in [0.717, 1.165) is 24.3 Å². The Morgan fingerprint density at radius 1 is 0.656 bits per heavy atom. The molecule has 1 aromatic carbocycles. The van der Waals surface area contributed by atoms with E-state index < -0.39 is 142 Å². The Morgan fingerprint density at radius 3 is 1.69 bits per heavy atom. The molecule has 5 atom stereocenters. The zero-order valence-corrected chi connectivity index (χ0v) is 36.6. The van der Waals surface area contributed by atoms with Gasteiger partial charge in [0.2, 0.25) is 0 Å². The normalized spacial score (nSPS) is 23.1. The first-order valence-electron chi connectivity index (χ1n) is 19.7. The molecule has 0 N–H and O–H groups in total. The molecule has 2 rings (SSSR count). The van der Waals surface area contributed by atoms with E-state index in [1.165, 1.54) is 45.0 Å². The summed E-state index contributed by atoms with van der Waals surface area (Å²) in [7, 11) is -3.65. The van der Waals surface area contributed by atoms with Crippen LogP contribution in [0.3, 0.4) is 0 Å². The maximum atomic E-state index is 14.2. The quantitative estimate of drug-likeness (QED) is 0.0496.